The second-order valence-electron chi connectivity index (χ2n) is 3.23. The van der Waals surface area contributed by atoms with Gasteiger partial charge in [0.05, 0.1) is 6.42 Å². The van der Waals surface area contributed by atoms with Gasteiger partial charge in [-0.2, -0.15) is 0 Å². The van der Waals surface area contributed by atoms with E-state index in [1.807, 2.05) is 0 Å². The van der Waals surface area contributed by atoms with Crippen LogP contribution in [0, 0.1) is 5.41 Å². The Kier molecular flexibility index (Phi) is 2.32. The van der Waals surface area contributed by atoms with Crippen LogP contribution in [-0.2, 0) is 4.79 Å². The number of hydrogen-bond donors (Lipinski definition) is 1. The second-order valence-corrected chi connectivity index (χ2v) is 3.23. The summed E-state index contributed by atoms with van der Waals surface area (Å²) in [7, 11) is 0. The van der Waals surface area contributed by atoms with Crippen LogP contribution < -0.4 is 0 Å². The predicted octanol–water partition coefficient (Wildman–Crippen LogP) is 2.21. The maximum absolute atomic E-state index is 10.5. The molecule has 2 nitrogen and oxygen atoms in total. The number of hydrogen-bond acceptors (Lipinski definition) is 1. The maximum atomic E-state index is 10.5. The van der Waals surface area contributed by atoms with Crippen molar-refractivity contribution in [1.82, 2.24) is 0 Å². The highest BCUT2D eigenvalue weighted by atomic mass is 16.4. The Morgan fingerprint density at radius 1 is 1.73 bits per heavy atom. The molecule has 0 fully saturated rings. The van der Waals surface area contributed by atoms with Gasteiger partial charge in [0.2, 0.25) is 0 Å². The van der Waals surface area contributed by atoms with E-state index in [4.69, 9.17) is 5.11 Å². The van der Waals surface area contributed by atoms with E-state index in [1.165, 1.54) is 0 Å². The molecule has 1 atom stereocenters. The third-order valence-electron chi connectivity index (χ3n) is 2.49. The highest BCUT2D eigenvalue weighted by Crippen LogP contribution is 2.38. The van der Waals surface area contributed by atoms with Crippen molar-refractivity contribution < 1.29 is 9.90 Å². The molecule has 0 saturated carbocycles. The summed E-state index contributed by atoms with van der Waals surface area (Å²) in [5, 5.41) is 8.64. The Morgan fingerprint density at radius 2 is 2.45 bits per heavy atom. The number of carboxylic acid groups (broad SMARTS) is 1. The Labute approximate surface area is 66.9 Å². The van der Waals surface area contributed by atoms with E-state index in [2.05, 4.69) is 19.1 Å². The van der Waals surface area contributed by atoms with E-state index in [1.54, 1.807) is 0 Å². The predicted molar refractivity (Wildman–Crippen MR) is 43.4 cm³/mol. The molecule has 0 bridgehead atoms. The summed E-state index contributed by atoms with van der Waals surface area (Å²) in [4.78, 5) is 10.5. The van der Waals surface area contributed by atoms with Crippen molar-refractivity contribution in [3.8, 4) is 0 Å². The lowest BCUT2D eigenvalue weighted by Crippen LogP contribution is -2.18. The van der Waals surface area contributed by atoms with Gasteiger partial charge in [0, 0.05) is 0 Å². The average Bonchev–Trinajstić information content (AvgIpc) is 2.36. The van der Waals surface area contributed by atoms with E-state index in [-0.39, 0.29) is 5.41 Å². The molecule has 1 aliphatic rings. The Morgan fingerprint density at radius 3 is 2.82 bits per heavy atom. The van der Waals surface area contributed by atoms with Gasteiger partial charge in [-0.15, -0.1) is 0 Å². The first-order chi connectivity index (χ1) is 5.18. The molecule has 0 aliphatic heterocycles. The van der Waals surface area contributed by atoms with Crippen LogP contribution in [0.2, 0.25) is 0 Å². The van der Waals surface area contributed by atoms with Gasteiger partial charge < -0.3 is 5.11 Å². The lowest BCUT2D eigenvalue weighted by Gasteiger charge is -2.22. The van der Waals surface area contributed by atoms with Gasteiger partial charge >= 0.3 is 5.97 Å². The molecule has 0 radical (unpaired) electrons. The number of rotatable bonds is 3. The normalized spacial score (nSPS) is 29.2. The van der Waals surface area contributed by atoms with Gasteiger partial charge in [-0.05, 0) is 24.7 Å². The van der Waals surface area contributed by atoms with Crippen LogP contribution in [0.15, 0.2) is 12.2 Å². The first kappa shape index (κ1) is 8.31. The zero-order chi connectivity index (χ0) is 8.32. The molecule has 11 heavy (non-hydrogen) atoms. The molecule has 1 rings (SSSR count). The minimum atomic E-state index is -0.682. The first-order valence-electron chi connectivity index (χ1n) is 4.08. The molecule has 0 aromatic carbocycles. The van der Waals surface area contributed by atoms with Gasteiger partial charge in [0.25, 0.3) is 0 Å². The standard InChI is InChI=1S/C9H14O2/c1-2-9(7-8(10)11)5-3-4-6-9/h3,5H,2,4,6-7H2,1H3,(H,10,11). The van der Waals surface area contributed by atoms with Crippen molar-refractivity contribution >= 4 is 5.97 Å². The summed E-state index contributed by atoms with van der Waals surface area (Å²) in [5.41, 5.74) is -0.0220. The van der Waals surface area contributed by atoms with Gasteiger partial charge in [0.1, 0.15) is 0 Å². The topological polar surface area (TPSA) is 37.3 Å². The lowest BCUT2D eigenvalue weighted by atomic mass is 9.81. The van der Waals surface area contributed by atoms with Crippen molar-refractivity contribution in [1.29, 1.82) is 0 Å². The smallest absolute Gasteiger partial charge is 0.304 e. The minimum Gasteiger partial charge on any atom is -0.481 e. The molecule has 0 saturated heterocycles. The van der Waals surface area contributed by atoms with Crippen LogP contribution in [0.25, 0.3) is 0 Å². The number of allylic oxidation sites excluding steroid dienone is 2. The van der Waals surface area contributed by atoms with Crippen molar-refractivity contribution in [2.24, 2.45) is 5.41 Å². The van der Waals surface area contributed by atoms with Gasteiger partial charge in [-0.25, -0.2) is 0 Å². The molecule has 2 heteroatoms. The van der Waals surface area contributed by atoms with E-state index >= 15 is 0 Å². The summed E-state index contributed by atoms with van der Waals surface area (Å²) in [6, 6.07) is 0. The molecule has 0 heterocycles. The van der Waals surface area contributed by atoms with Crippen molar-refractivity contribution in [3.63, 3.8) is 0 Å². The second kappa shape index (κ2) is 3.07. The monoisotopic (exact) mass is 154 g/mol. The third-order valence-corrected chi connectivity index (χ3v) is 2.49. The Bertz CT molecular complexity index is 184. The van der Waals surface area contributed by atoms with Crippen LogP contribution in [0.1, 0.15) is 32.6 Å². The number of aliphatic carboxylic acids is 1. The molecule has 1 N–H and O–H groups in total. The first-order valence-corrected chi connectivity index (χ1v) is 4.08. The van der Waals surface area contributed by atoms with E-state index < -0.39 is 5.97 Å². The summed E-state index contributed by atoms with van der Waals surface area (Å²) in [6.07, 6.45) is 7.44. The molecule has 1 unspecified atom stereocenters. The largest absolute Gasteiger partial charge is 0.481 e. The van der Waals surface area contributed by atoms with Crippen LogP contribution >= 0.6 is 0 Å². The molecule has 0 amide bonds. The van der Waals surface area contributed by atoms with Crippen LogP contribution in [-0.4, -0.2) is 11.1 Å². The van der Waals surface area contributed by atoms with E-state index in [0.29, 0.717) is 6.42 Å². The van der Waals surface area contributed by atoms with Gasteiger partial charge in [-0.1, -0.05) is 19.1 Å². The Hall–Kier alpha value is -0.790. The minimum absolute atomic E-state index is 0.0220. The molecule has 62 valence electrons. The fraction of sp³-hybridized carbons (Fsp3) is 0.667. The lowest BCUT2D eigenvalue weighted by molar-refractivity contribution is -0.139. The Balaban J connectivity index is 2.60. The maximum Gasteiger partial charge on any atom is 0.304 e. The number of carbonyl (C=O) groups is 1. The zero-order valence-electron chi connectivity index (χ0n) is 6.84. The average molecular weight is 154 g/mol. The molecule has 0 spiro atoms. The van der Waals surface area contributed by atoms with Crippen LogP contribution in [0.5, 0.6) is 0 Å². The fourth-order valence-corrected chi connectivity index (χ4v) is 1.66. The molecular formula is C9H14O2. The zero-order valence-corrected chi connectivity index (χ0v) is 6.84. The highest BCUT2D eigenvalue weighted by molar-refractivity contribution is 5.68. The third kappa shape index (κ3) is 1.82. The molecular weight excluding hydrogens is 140 g/mol. The SMILES string of the molecule is CCC1(CC(=O)O)C=CCC1. The molecule has 0 aromatic rings. The summed E-state index contributed by atoms with van der Waals surface area (Å²) in [6.45, 7) is 2.05. The van der Waals surface area contributed by atoms with E-state index in [0.717, 1.165) is 19.3 Å². The van der Waals surface area contributed by atoms with Crippen molar-refractivity contribution in [2.45, 2.75) is 32.6 Å². The quantitative estimate of drug-likeness (QED) is 0.633. The number of carboxylic acids is 1. The van der Waals surface area contributed by atoms with Crippen molar-refractivity contribution in [3.05, 3.63) is 12.2 Å². The van der Waals surface area contributed by atoms with Crippen LogP contribution in [0.4, 0.5) is 0 Å². The van der Waals surface area contributed by atoms with Crippen LogP contribution in [0.3, 0.4) is 0 Å². The van der Waals surface area contributed by atoms with Gasteiger partial charge in [0.15, 0.2) is 0 Å². The summed E-state index contributed by atoms with van der Waals surface area (Å²) < 4.78 is 0. The van der Waals surface area contributed by atoms with E-state index in [9.17, 15) is 4.79 Å². The highest BCUT2D eigenvalue weighted by Gasteiger charge is 2.29. The summed E-state index contributed by atoms with van der Waals surface area (Å²) in [5.74, 6) is -0.682. The van der Waals surface area contributed by atoms with Gasteiger partial charge in [-0.3, -0.25) is 4.79 Å². The molecule has 1 aliphatic carbocycles. The van der Waals surface area contributed by atoms with Crippen molar-refractivity contribution in [2.75, 3.05) is 0 Å². The molecule has 0 aromatic heterocycles. The fourth-order valence-electron chi connectivity index (χ4n) is 1.66. The summed E-state index contributed by atoms with van der Waals surface area (Å²) >= 11 is 0.